The van der Waals surface area contributed by atoms with Crippen LogP contribution in [-0.4, -0.2) is 4.57 Å². The Balaban J connectivity index is 1.11. The molecule has 2 aromatic heterocycles. The maximum absolute atomic E-state index is 6.31. The molecule has 0 amide bonds. The van der Waals surface area contributed by atoms with Gasteiger partial charge in [-0.15, -0.1) is 0 Å². The smallest absolute Gasteiger partial charge is 0.136 e. The highest BCUT2D eigenvalue weighted by Crippen LogP contribution is 2.45. The molecular weight excluding hydrogens is 729 g/mol. The number of rotatable bonds is 8. The van der Waals surface area contributed by atoms with Gasteiger partial charge in [0, 0.05) is 44.0 Å². The fraction of sp³-hybridized carbons (Fsp3) is 0.0175. The van der Waals surface area contributed by atoms with Crippen molar-refractivity contribution in [1.82, 2.24) is 4.57 Å². The van der Waals surface area contributed by atoms with E-state index in [1.165, 1.54) is 48.9 Å². The quantitative estimate of drug-likeness (QED) is 0.144. The van der Waals surface area contributed by atoms with E-state index in [2.05, 4.69) is 216 Å². The molecule has 0 N–H and O–H groups in total. The molecule has 0 aliphatic carbocycles. The number of anilines is 3. The average Bonchev–Trinajstić information content (AvgIpc) is 3.85. The first-order valence-electron chi connectivity index (χ1n) is 20.5. The van der Waals surface area contributed by atoms with E-state index < -0.39 is 0 Å². The van der Waals surface area contributed by atoms with Crippen LogP contribution in [0.1, 0.15) is 18.2 Å². The van der Waals surface area contributed by atoms with Gasteiger partial charge in [-0.3, -0.25) is 0 Å². The van der Waals surface area contributed by atoms with Crippen LogP contribution < -0.4 is 4.90 Å². The zero-order valence-electron chi connectivity index (χ0n) is 33.2. The zero-order valence-corrected chi connectivity index (χ0v) is 33.2. The highest BCUT2D eigenvalue weighted by Gasteiger charge is 2.21. The predicted molar refractivity (Wildman–Crippen MR) is 256 cm³/mol. The average molecular weight is 769 g/mol. The number of para-hydroxylation sites is 3. The Bertz CT molecular complexity index is 3420. The molecule has 284 valence electrons. The molecule has 0 radical (unpaired) electrons. The molecule has 11 rings (SSSR count). The monoisotopic (exact) mass is 768 g/mol. The summed E-state index contributed by atoms with van der Waals surface area (Å²) < 4.78 is 8.72. The summed E-state index contributed by atoms with van der Waals surface area (Å²) in [6, 6.07) is 70.2. The summed E-state index contributed by atoms with van der Waals surface area (Å²) >= 11 is 0. The Morgan fingerprint density at radius 3 is 1.95 bits per heavy atom. The Kier molecular flexibility index (Phi) is 8.53. The number of furan rings is 1. The molecule has 0 saturated heterocycles. The Hall–Kier alpha value is -7.88. The van der Waals surface area contributed by atoms with Gasteiger partial charge in [0.1, 0.15) is 11.3 Å². The summed E-state index contributed by atoms with van der Waals surface area (Å²) in [4.78, 5) is 2.42. The second-order valence-corrected chi connectivity index (χ2v) is 15.2. The summed E-state index contributed by atoms with van der Waals surface area (Å²) in [6.45, 7) is 6.09. The molecule has 3 heteroatoms. The van der Waals surface area contributed by atoms with Crippen LogP contribution in [0, 0.1) is 0 Å². The number of hydrogen-bond acceptors (Lipinski definition) is 2. The van der Waals surface area contributed by atoms with Gasteiger partial charge in [0.05, 0.1) is 22.4 Å². The highest BCUT2D eigenvalue weighted by atomic mass is 16.3. The first-order chi connectivity index (χ1) is 29.7. The maximum Gasteiger partial charge on any atom is 0.136 e. The minimum atomic E-state index is 0.774. The third-order valence-electron chi connectivity index (χ3n) is 11.9. The van der Waals surface area contributed by atoms with Crippen LogP contribution >= 0.6 is 0 Å². The summed E-state index contributed by atoms with van der Waals surface area (Å²) in [5.41, 5.74) is 13.2. The topological polar surface area (TPSA) is 21.3 Å². The van der Waals surface area contributed by atoms with Gasteiger partial charge in [-0.25, -0.2) is 0 Å². The van der Waals surface area contributed by atoms with Gasteiger partial charge >= 0.3 is 0 Å². The molecule has 9 aromatic carbocycles. The Morgan fingerprint density at radius 1 is 0.517 bits per heavy atom. The molecule has 2 heterocycles. The molecule has 0 fully saturated rings. The second-order valence-electron chi connectivity index (χ2n) is 15.2. The van der Waals surface area contributed by atoms with Crippen LogP contribution in [0.5, 0.6) is 0 Å². The summed E-state index contributed by atoms with van der Waals surface area (Å²) in [6.07, 6.45) is 5.97. The van der Waals surface area contributed by atoms with Crippen LogP contribution in [0.4, 0.5) is 17.1 Å². The lowest BCUT2D eigenvalue weighted by atomic mass is 9.96. The normalized spacial score (nSPS) is 11.8. The van der Waals surface area contributed by atoms with E-state index in [0.717, 1.165) is 61.7 Å². The van der Waals surface area contributed by atoms with Crippen molar-refractivity contribution >= 4 is 83.5 Å². The van der Waals surface area contributed by atoms with Gasteiger partial charge < -0.3 is 13.9 Å². The molecular formula is C57H40N2O. The molecule has 0 atom stereocenters. The van der Waals surface area contributed by atoms with Crippen LogP contribution in [-0.2, 0) is 0 Å². The molecule has 3 nitrogen and oxygen atoms in total. The lowest BCUT2D eigenvalue weighted by Crippen LogP contribution is -2.11. The summed E-state index contributed by atoms with van der Waals surface area (Å²) in [5, 5.41) is 8.43. The summed E-state index contributed by atoms with van der Waals surface area (Å²) in [7, 11) is 0. The van der Waals surface area contributed by atoms with Gasteiger partial charge in [-0.05, 0) is 100 Å². The lowest BCUT2D eigenvalue weighted by molar-refractivity contribution is 0.603. The van der Waals surface area contributed by atoms with Crippen molar-refractivity contribution in [2.24, 2.45) is 0 Å². The highest BCUT2D eigenvalue weighted by molar-refractivity contribution is 6.15. The standard InChI is InChI=1S/C57H40N2O/c1-3-16-49-54(4-2)60-55-30-15-25-46(57(49)55)41-19-13-20-43(37-41)58(53-29-14-18-40-32-31-38-17-5-6-22-45(38)56(40)53)42-35-33-39(34-36-42)44-21-7-10-26-50(44)59-51-27-11-8-23-47(51)48-24-9-12-28-52(48)59/h3-37H,2H2,1H3/b16-3-. The first kappa shape index (κ1) is 35.3. The minimum Gasteiger partial charge on any atom is -0.456 e. The Morgan fingerprint density at radius 2 is 1.17 bits per heavy atom. The fourth-order valence-electron chi connectivity index (χ4n) is 9.27. The van der Waals surface area contributed by atoms with Crippen molar-refractivity contribution in [3.63, 3.8) is 0 Å². The Labute approximate surface area is 349 Å². The largest absolute Gasteiger partial charge is 0.456 e. The number of hydrogen-bond donors (Lipinski definition) is 0. The molecule has 0 bridgehead atoms. The van der Waals surface area contributed by atoms with E-state index in [0.29, 0.717) is 0 Å². The van der Waals surface area contributed by atoms with Crippen LogP contribution in [0.2, 0.25) is 0 Å². The van der Waals surface area contributed by atoms with E-state index in [1.54, 1.807) is 6.08 Å². The van der Waals surface area contributed by atoms with Crippen LogP contribution in [0.15, 0.2) is 211 Å². The van der Waals surface area contributed by atoms with Gasteiger partial charge in [0.25, 0.3) is 0 Å². The van der Waals surface area contributed by atoms with Crippen molar-refractivity contribution < 1.29 is 4.42 Å². The molecule has 60 heavy (non-hydrogen) atoms. The molecule has 0 spiro atoms. The number of fused-ring (bicyclic) bond motifs is 7. The fourth-order valence-corrected chi connectivity index (χ4v) is 9.27. The van der Waals surface area contributed by atoms with Crippen molar-refractivity contribution in [2.45, 2.75) is 6.92 Å². The van der Waals surface area contributed by atoms with Crippen LogP contribution in [0.25, 0.3) is 94.4 Å². The van der Waals surface area contributed by atoms with Crippen molar-refractivity contribution in [3.8, 4) is 27.9 Å². The van der Waals surface area contributed by atoms with Crippen molar-refractivity contribution in [1.29, 1.82) is 0 Å². The molecule has 11 aromatic rings. The lowest BCUT2D eigenvalue weighted by Gasteiger charge is -2.28. The number of nitrogens with zero attached hydrogens (tertiary/aromatic N) is 2. The van der Waals surface area contributed by atoms with Crippen molar-refractivity contribution in [2.75, 3.05) is 4.90 Å². The summed E-state index contributed by atoms with van der Waals surface area (Å²) in [5.74, 6) is 0.774. The SMILES string of the molecule is C=Cc1oc2cccc(-c3cccc(N(c4ccc(-c5ccccc5-n5c6ccccc6c6ccccc65)cc4)c4cccc5ccc6ccccc6c45)c3)c2c1/C=C\C. The molecule has 0 aliphatic rings. The molecule has 0 unspecified atom stereocenters. The number of benzene rings is 9. The third kappa shape index (κ3) is 5.66. The van der Waals surface area contributed by atoms with E-state index in [1.807, 2.05) is 13.0 Å². The van der Waals surface area contributed by atoms with Crippen LogP contribution in [0.3, 0.4) is 0 Å². The zero-order chi connectivity index (χ0) is 40.2. The minimum absolute atomic E-state index is 0.774. The maximum atomic E-state index is 6.31. The second kappa shape index (κ2) is 14.5. The van der Waals surface area contributed by atoms with Gasteiger partial charge in [0.15, 0.2) is 0 Å². The van der Waals surface area contributed by atoms with E-state index >= 15 is 0 Å². The third-order valence-corrected chi connectivity index (χ3v) is 11.9. The number of aromatic nitrogens is 1. The van der Waals surface area contributed by atoms with E-state index in [9.17, 15) is 0 Å². The van der Waals surface area contributed by atoms with Gasteiger partial charge in [0.2, 0.25) is 0 Å². The van der Waals surface area contributed by atoms with E-state index in [-0.39, 0.29) is 0 Å². The van der Waals surface area contributed by atoms with E-state index in [4.69, 9.17) is 4.42 Å². The van der Waals surface area contributed by atoms with Gasteiger partial charge in [-0.1, -0.05) is 158 Å². The van der Waals surface area contributed by atoms with Gasteiger partial charge in [-0.2, -0.15) is 0 Å². The molecule has 0 aliphatic heterocycles. The van der Waals surface area contributed by atoms with Crippen molar-refractivity contribution in [3.05, 3.63) is 218 Å². The predicted octanol–water partition coefficient (Wildman–Crippen LogP) is 16.3. The first-order valence-corrected chi connectivity index (χ1v) is 20.5. The molecule has 0 saturated carbocycles. The number of allylic oxidation sites excluding steroid dienone is 1.